The lowest BCUT2D eigenvalue weighted by atomic mass is 9.73. The molecule has 3 aromatic rings. The van der Waals surface area contributed by atoms with E-state index >= 15 is 0 Å². The molecule has 33 heavy (non-hydrogen) atoms. The Balaban J connectivity index is 1.34. The van der Waals surface area contributed by atoms with Crippen molar-refractivity contribution in [3.05, 3.63) is 83.1 Å². The average molecular weight is 441 g/mol. The van der Waals surface area contributed by atoms with Gasteiger partial charge >= 0.3 is 0 Å². The SMILES string of the molecule is NC1CCN(c2cc3c(o2)CN(c2ccc(C4(N)CCC4)cc2)C(c2ccccc2)=C3)CC1. The Hall–Kier alpha value is -3.02. The van der Waals surface area contributed by atoms with E-state index in [9.17, 15) is 0 Å². The Bertz CT molecular complexity index is 1150. The number of fused-ring (bicyclic) bond motifs is 1. The Kier molecular flexibility index (Phi) is 5.04. The van der Waals surface area contributed by atoms with E-state index in [2.05, 4.69) is 76.5 Å². The maximum atomic E-state index is 6.56. The highest BCUT2D eigenvalue weighted by Gasteiger charge is 2.34. The van der Waals surface area contributed by atoms with Crippen LogP contribution in [0.3, 0.4) is 0 Å². The second-order valence-corrected chi connectivity index (χ2v) is 9.83. The second kappa shape index (κ2) is 8.08. The third kappa shape index (κ3) is 3.75. The van der Waals surface area contributed by atoms with Crippen molar-refractivity contribution in [2.24, 2.45) is 11.5 Å². The van der Waals surface area contributed by atoms with Crippen LogP contribution in [0, 0.1) is 0 Å². The lowest BCUT2D eigenvalue weighted by molar-refractivity contribution is 0.253. The van der Waals surface area contributed by atoms with Crippen LogP contribution in [0.2, 0.25) is 0 Å². The van der Waals surface area contributed by atoms with E-state index in [4.69, 9.17) is 15.9 Å². The van der Waals surface area contributed by atoms with Crippen molar-refractivity contribution in [3.8, 4) is 0 Å². The van der Waals surface area contributed by atoms with Crippen LogP contribution in [-0.2, 0) is 12.1 Å². The fraction of sp³-hybridized carbons (Fsp3) is 0.357. The minimum atomic E-state index is -0.140. The molecule has 1 aromatic heterocycles. The molecular weight excluding hydrogens is 408 g/mol. The van der Waals surface area contributed by atoms with Crippen molar-refractivity contribution < 1.29 is 4.42 Å². The maximum Gasteiger partial charge on any atom is 0.196 e. The number of hydrogen-bond acceptors (Lipinski definition) is 5. The summed E-state index contributed by atoms with van der Waals surface area (Å²) in [7, 11) is 0. The molecular formula is C28H32N4O. The topological polar surface area (TPSA) is 71.7 Å². The van der Waals surface area contributed by atoms with Gasteiger partial charge in [0.15, 0.2) is 5.88 Å². The molecule has 0 atom stereocenters. The van der Waals surface area contributed by atoms with Gasteiger partial charge in [0.25, 0.3) is 0 Å². The molecule has 1 saturated carbocycles. The van der Waals surface area contributed by atoms with Gasteiger partial charge in [0, 0.05) is 47.7 Å². The Labute approximate surface area is 195 Å². The number of nitrogens with two attached hydrogens (primary N) is 2. The van der Waals surface area contributed by atoms with Crippen LogP contribution in [0.15, 0.2) is 65.1 Å². The summed E-state index contributed by atoms with van der Waals surface area (Å²) < 4.78 is 6.40. The fourth-order valence-electron chi connectivity index (χ4n) is 5.30. The fourth-order valence-corrected chi connectivity index (χ4v) is 5.30. The molecule has 0 bridgehead atoms. The summed E-state index contributed by atoms with van der Waals surface area (Å²) in [6, 6.07) is 21.9. The third-order valence-electron chi connectivity index (χ3n) is 7.63. The molecule has 3 heterocycles. The zero-order valence-corrected chi connectivity index (χ0v) is 19.0. The van der Waals surface area contributed by atoms with Crippen molar-refractivity contribution in [1.29, 1.82) is 0 Å². The van der Waals surface area contributed by atoms with Crippen molar-refractivity contribution in [1.82, 2.24) is 0 Å². The Morgan fingerprint density at radius 1 is 0.939 bits per heavy atom. The predicted octanol–water partition coefficient (Wildman–Crippen LogP) is 5.06. The molecule has 0 unspecified atom stereocenters. The molecule has 5 heteroatoms. The summed E-state index contributed by atoms with van der Waals surface area (Å²) in [5, 5.41) is 0. The molecule has 3 aliphatic rings. The zero-order valence-electron chi connectivity index (χ0n) is 19.0. The van der Waals surface area contributed by atoms with E-state index in [-0.39, 0.29) is 5.54 Å². The van der Waals surface area contributed by atoms with Crippen LogP contribution in [-0.4, -0.2) is 19.1 Å². The largest absolute Gasteiger partial charge is 0.443 e. The normalized spacial score (nSPS) is 20.2. The van der Waals surface area contributed by atoms with Crippen molar-refractivity contribution in [2.45, 2.75) is 50.2 Å². The van der Waals surface area contributed by atoms with E-state index < -0.39 is 0 Å². The summed E-state index contributed by atoms with van der Waals surface area (Å²) in [5.41, 5.74) is 18.5. The van der Waals surface area contributed by atoms with Crippen LogP contribution in [0.4, 0.5) is 11.6 Å². The minimum Gasteiger partial charge on any atom is -0.443 e. The van der Waals surface area contributed by atoms with Gasteiger partial charge in [-0.2, -0.15) is 0 Å². The average Bonchev–Trinajstić information content (AvgIpc) is 3.26. The van der Waals surface area contributed by atoms with Crippen LogP contribution >= 0.6 is 0 Å². The molecule has 0 spiro atoms. The first-order valence-electron chi connectivity index (χ1n) is 12.2. The highest BCUT2D eigenvalue weighted by atomic mass is 16.4. The molecule has 2 fully saturated rings. The van der Waals surface area contributed by atoms with Gasteiger partial charge in [-0.3, -0.25) is 0 Å². The van der Waals surface area contributed by atoms with Gasteiger partial charge < -0.3 is 25.7 Å². The first-order valence-corrected chi connectivity index (χ1v) is 12.2. The molecule has 6 rings (SSSR count). The minimum absolute atomic E-state index is 0.140. The number of nitrogens with zero attached hydrogens (tertiary/aromatic N) is 2. The highest BCUT2D eigenvalue weighted by molar-refractivity contribution is 5.92. The van der Waals surface area contributed by atoms with E-state index in [0.29, 0.717) is 12.6 Å². The molecule has 0 amide bonds. The van der Waals surface area contributed by atoms with Crippen molar-refractivity contribution in [3.63, 3.8) is 0 Å². The number of benzene rings is 2. The molecule has 0 radical (unpaired) electrons. The number of piperidine rings is 1. The summed E-state index contributed by atoms with van der Waals surface area (Å²) in [6.07, 6.45) is 7.66. The van der Waals surface area contributed by atoms with Gasteiger partial charge in [-0.1, -0.05) is 42.5 Å². The van der Waals surface area contributed by atoms with Crippen LogP contribution in [0.5, 0.6) is 0 Å². The summed E-state index contributed by atoms with van der Waals surface area (Å²) >= 11 is 0. The summed E-state index contributed by atoms with van der Waals surface area (Å²) in [6.45, 7) is 2.61. The molecule has 170 valence electrons. The summed E-state index contributed by atoms with van der Waals surface area (Å²) in [4.78, 5) is 4.68. The monoisotopic (exact) mass is 440 g/mol. The Morgan fingerprint density at radius 2 is 1.67 bits per heavy atom. The van der Waals surface area contributed by atoms with Gasteiger partial charge in [0.1, 0.15) is 5.76 Å². The first kappa shape index (κ1) is 20.6. The van der Waals surface area contributed by atoms with Gasteiger partial charge in [-0.05, 0) is 61.4 Å². The van der Waals surface area contributed by atoms with Gasteiger partial charge in [-0.25, -0.2) is 0 Å². The van der Waals surface area contributed by atoms with E-state index in [1.165, 1.54) is 28.8 Å². The molecule has 1 aliphatic carbocycles. The molecule has 4 N–H and O–H groups in total. The number of rotatable bonds is 4. The lowest BCUT2D eigenvalue weighted by Gasteiger charge is -2.39. The zero-order chi connectivity index (χ0) is 22.4. The van der Waals surface area contributed by atoms with E-state index in [0.717, 1.165) is 56.1 Å². The lowest BCUT2D eigenvalue weighted by Crippen LogP contribution is -2.43. The Morgan fingerprint density at radius 3 is 2.33 bits per heavy atom. The van der Waals surface area contributed by atoms with E-state index in [1.807, 2.05) is 0 Å². The first-order chi connectivity index (χ1) is 16.1. The maximum absolute atomic E-state index is 6.56. The van der Waals surface area contributed by atoms with Crippen LogP contribution < -0.4 is 21.3 Å². The summed E-state index contributed by atoms with van der Waals surface area (Å²) in [5.74, 6) is 1.97. The smallest absolute Gasteiger partial charge is 0.196 e. The van der Waals surface area contributed by atoms with Crippen LogP contribution in [0.25, 0.3) is 11.8 Å². The van der Waals surface area contributed by atoms with E-state index in [1.54, 1.807) is 0 Å². The van der Waals surface area contributed by atoms with Gasteiger partial charge in [-0.15, -0.1) is 0 Å². The second-order valence-electron chi connectivity index (χ2n) is 9.83. The van der Waals surface area contributed by atoms with Crippen molar-refractivity contribution >= 4 is 23.3 Å². The highest BCUT2D eigenvalue weighted by Crippen LogP contribution is 2.41. The molecule has 1 saturated heterocycles. The predicted molar refractivity (Wildman–Crippen MR) is 135 cm³/mol. The number of furan rings is 1. The quantitative estimate of drug-likeness (QED) is 0.593. The standard InChI is InChI=1S/C28H32N4O/c29-23-11-15-31(16-12-23)27-18-21-17-25(20-5-2-1-3-6-20)32(19-26(21)33-27)24-9-7-22(8-10-24)28(30)13-4-14-28/h1-3,5-10,17-18,23H,4,11-16,19,29-30H2. The van der Waals surface area contributed by atoms with Crippen LogP contribution in [0.1, 0.15) is 54.6 Å². The number of hydrogen-bond donors (Lipinski definition) is 2. The molecule has 5 nitrogen and oxygen atoms in total. The molecule has 2 aliphatic heterocycles. The van der Waals surface area contributed by atoms with Gasteiger partial charge in [0.2, 0.25) is 0 Å². The van der Waals surface area contributed by atoms with Gasteiger partial charge in [0.05, 0.1) is 6.54 Å². The van der Waals surface area contributed by atoms with Crippen molar-refractivity contribution in [2.75, 3.05) is 22.9 Å². The third-order valence-corrected chi connectivity index (χ3v) is 7.63. The molecule has 2 aromatic carbocycles. The number of anilines is 2.